The van der Waals surface area contributed by atoms with Gasteiger partial charge in [-0.3, -0.25) is 33.4 Å². The zero-order valence-corrected chi connectivity index (χ0v) is 46.9. The van der Waals surface area contributed by atoms with Gasteiger partial charge in [0.15, 0.2) is 11.5 Å². The molecule has 1 spiro atoms. The Kier molecular flexibility index (Phi) is 24.9. The van der Waals surface area contributed by atoms with Crippen LogP contribution in [0.15, 0.2) is 59.4 Å². The van der Waals surface area contributed by atoms with Crippen LogP contribution in [0.4, 0.5) is 21.1 Å². The summed E-state index contributed by atoms with van der Waals surface area (Å²) in [6, 6.07) is 11.2. The molecule has 2 aromatic carbocycles. The Bertz CT molecular complexity index is 2860. The highest BCUT2D eigenvalue weighted by Gasteiger charge is 2.39. The van der Waals surface area contributed by atoms with Crippen molar-refractivity contribution in [1.29, 1.82) is 0 Å². The average molecular weight is 1140 g/mol. The molecule has 2 aliphatic rings. The number of urea groups is 1. The van der Waals surface area contributed by atoms with E-state index in [1.54, 1.807) is 43.3 Å². The van der Waals surface area contributed by atoms with Gasteiger partial charge in [0.05, 0.1) is 66.4 Å². The molecule has 27 nitrogen and oxygen atoms in total. The number of likely N-dealkylation sites (tertiary alicyclic amines) is 2. The first-order valence-electron chi connectivity index (χ1n) is 27.4. The predicted molar refractivity (Wildman–Crippen MR) is 301 cm³/mol. The molecule has 4 aromatic rings. The first-order chi connectivity index (χ1) is 39.6. The maximum atomic E-state index is 13.4. The number of aldehydes is 1. The lowest BCUT2D eigenvalue weighted by molar-refractivity contribution is -0.128. The smallest absolute Gasteiger partial charge is 0.410 e. The second-order valence-corrected chi connectivity index (χ2v) is 19.9. The molecule has 0 saturated carbocycles. The van der Waals surface area contributed by atoms with Crippen LogP contribution < -0.4 is 47.9 Å². The average Bonchev–Trinajstić information content (AvgIpc) is 3.88. The number of allylic oxidation sites excluding steroid dienone is 1. The summed E-state index contributed by atoms with van der Waals surface area (Å²) in [4.78, 5) is 115. The quantitative estimate of drug-likeness (QED) is 0.0208. The molecule has 0 radical (unpaired) electrons. The fourth-order valence-electron chi connectivity index (χ4n) is 9.38. The molecule has 7 amide bonds. The molecule has 4 heterocycles. The molecule has 6 rings (SSSR count). The fraction of sp³-hybridized carbons (Fsp3) is 0.527. The highest BCUT2D eigenvalue weighted by Crippen LogP contribution is 2.42. The number of ether oxygens (including phenoxy) is 6. The first kappa shape index (κ1) is 63.0. The number of hydrogen-bond donors (Lipinski definition) is 7. The van der Waals surface area contributed by atoms with E-state index < -0.39 is 36.3 Å². The Balaban J connectivity index is 0.858. The SMILES string of the molecule is CCOc1nc(N)c2[nH]c(=O)n(Cc3ccc(CN4CCC5(CC4)CCN(C(=O)OCc4ccc(NC(=O)C(CCCNC(N)=O)NC(=O)CNC(=O)CCOCCOCCOCCN(C)C(=O)/C=C\C=O)cc4)CC5)cc3OC)c2n1. The van der Waals surface area contributed by atoms with E-state index in [1.807, 2.05) is 19.1 Å². The molecule has 9 N–H and O–H groups in total. The maximum Gasteiger partial charge on any atom is 0.410 e. The number of anilines is 2. The van der Waals surface area contributed by atoms with Crippen LogP contribution in [0.5, 0.6) is 11.8 Å². The summed E-state index contributed by atoms with van der Waals surface area (Å²) in [6.45, 7) is 7.73. The molecule has 2 aliphatic heterocycles. The maximum absolute atomic E-state index is 13.4. The molecule has 27 heteroatoms. The van der Waals surface area contributed by atoms with E-state index in [4.69, 9.17) is 39.9 Å². The van der Waals surface area contributed by atoms with Crippen molar-refractivity contribution in [3.05, 3.63) is 81.8 Å². The number of piperidine rings is 2. The molecular formula is C55H77N13O14. The van der Waals surface area contributed by atoms with E-state index >= 15 is 0 Å². The van der Waals surface area contributed by atoms with E-state index in [2.05, 4.69) is 47.2 Å². The lowest BCUT2D eigenvalue weighted by atomic mass is 9.71. The van der Waals surface area contributed by atoms with Gasteiger partial charge in [-0.1, -0.05) is 24.3 Å². The van der Waals surface area contributed by atoms with Crippen LogP contribution in [0.2, 0.25) is 0 Å². The summed E-state index contributed by atoms with van der Waals surface area (Å²) in [7, 11) is 3.20. The standard InChI is InChI=1S/C55H77N13O14/c1-4-81-52-63-48(56)47-49(64-52)68(53(75)62-47)36-40-12-9-39(33-43(40)77-3)35-66-21-16-55(17-22-66)18-23-67(24-19-55)54(76)82-37-38-10-13-41(14-11-38)60-50(73)42(7-5-20-58-51(57)74)61-45(71)34-59-44(70)15-27-78-29-31-80-32-30-79-28-25-65(2)46(72)8-6-26-69/h6,8-14,26,33,42H,4-5,7,15-25,27-32,34-37H2,1-3H3,(H,59,70)(H,60,73)(H,61,71)(H,62,75)(H2,56,63,64)(H3,57,58,74)/b8-6-. The van der Waals surface area contributed by atoms with Gasteiger partial charge in [-0.25, -0.2) is 14.4 Å². The number of nitrogens with two attached hydrogens (primary N) is 2. The van der Waals surface area contributed by atoms with Crippen LogP contribution in [0.1, 0.15) is 68.6 Å². The number of nitrogen functional groups attached to an aromatic ring is 1. The summed E-state index contributed by atoms with van der Waals surface area (Å²) in [6.07, 6.45) is 6.66. The van der Waals surface area contributed by atoms with E-state index in [0.717, 1.165) is 62.5 Å². The number of benzene rings is 2. The van der Waals surface area contributed by atoms with Gasteiger partial charge in [-0.15, -0.1) is 0 Å². The van der Waals surface area contributed by atoms with E-state index in [1.165, 1.54) is 15.5 Å². The van der Waals surface area contributed by atoms with E-state index in [0.29, 0.717) is 86.9 Å². The molecule has 1 unspecified atom stereocenters. The highest BCUT2D eigenvalue weighted by molar-refractivity contribution is 5.98. The number of nitrogens with zero attached hydrogens (tertiary/aromatic N) is 6. The minimum Gasteiger partial charge on any atom is -0.496 e. The van der Waals surface area contributed by atoms with Crippen LogP contribution in [-0.4, -0.2) is 189 Å². The Morgan fingerprint density at radius 2 is 1.55 bits per heavy atom. The number of rotatable bonds is 32. The Labute approximate surface area is 475 Å². The van der Waals surface area contributed by atoms with Crippen molar-refractivity contribution >= 4 is 64.7 Å². The number of aromatic amines is 1. The molecule has 2 saturated heterocycles. The third-order valence-corrected chi connectivity index (χ3v) is 14.1. The lowest BCUT2D eigenvalue weighted by Gasteiger charge is -2.46. The van der Waals surface area contributed by atoms with Gasteiger partial charge in [0.25, 0.3) is 0 Å². The van der Waals surface area contributed by atoms with Crippen molar-refractivity contribution < 1.29 is 62.0 Å². The van der Waals surface area contributed by atoms with Gasteiger partial charge in [-0.05, 0) is 99.4 Å². The monoisotopic (exact) mass is 1140 g/mol. The Hall–Kier alpha value is -8.14. The van der Waals surface area contributed by atoms with Gasteiger partial charge < -0.3 is 75.9 Å². The Morgan fingerprint density at radius 1 is 0.866 bits per heavy atom. The van der Waals surface area contributed by atoms with Crippen LogP contribution in [0.25, 0.3) is 11.2 Å². The second kappa shape index (κ2) is 32.3. The largest absolute Gasteiger partial charge is 0.496 e. The number of amides is 7. The van der Waals surface area contributed by atoms with Gasteiger partial charge in [-0.2, -0.15) is 9.97 Å². The van der Waals surface area contributed by atoms with E-state index in [-0.39, 0.29) is 87.3 Å². The van der Waals surface area contributed by atoms with Crippen LogP contribution >= 0.6 is 0 Å². The zero-order chi connectivity index (χ0) is 58.9. The van der Waals surface area contributed by atoms with Gasteiger partial charge in [0, 0.05) is 63.5 Å². The normalized spacial score (nSPS) is 14.5. The lowest BCUT2D eigenvalue weighted by Crippen LogP contribution is -2.48. The van der Waals surface area contributed by atoms with E-state index in [9.17, 15) is 38.4 Å². The molecule has 2 aromatic heterocycles. The summed E-state index contributed by atoms with van der Waals surface area (Å²) in [5, 5.41) is 10.4. The van der Waals surface area contributed by atoms with Gasteiger partial charge in [0.2, 0.25) is 23.6 Å². The number of methoxy groups -OCH3 is 1. The summed E-state index contributed by atoms with van der Waals surface area (Å²) in [5.41, 5.74) is 14.8. The van der Waals surface area contributed by atoms with Crippen molar-refractivity contribution in [2.45, 2.75) is 77.6 Å². The third kappa shape index (κ3) is 19.8. The number of nitrogens with one attached hydrogen (secondary N) is 5. The number of imidazole rings is 1. The molecule has 1 atom stereocenters. The highest BCUT2D eigenvalue weighted by atomic mass is 16.6. The van der Waals surface area contributed by atoms with Crippen molar-refractivity contribution in [1.82, 2.24) is 50.2 Å². The minimum absolute atomic E-state index is 0.0203. The number of hydrogen-bond acceptors (Lipinski definition) is 18. The topological polar surface area (TPSA) is 348 Å². The molecule has 446 valence electrons. The fourth-order valence-corrected chi connectivity index (χ4v) is 9.38. The summed E-state index contributed by atoms with van der Waals surface area (Å²) >= 11 is 0. The van der Waals surface area contributed by atoms with Gasteiger partial charge in [0.1, 0.15) is 30.2 Å². The first-order valence-corrected chi connectivity index (χ1v) is 27.4. The molecule has 82 heavy (non-hydrogen) atoms. The van der Waals surface area contributed by atoms with Crippen molar-refractivity contribution in [2.75, 3.05) is 117 Å². The molecule has 2 fully saturated rings. The minimum atomic E-state index is -1.02. The van der Waals surface area contributed by atoms with Gasteiger partial charge >= 0.3 is 23.8 Å². The zero-order valence-electron chi connectivity index (χ0n) is 46.9. The number of aromatic nitrogens is 4. The van der Waals surface area contributed by atoms with Crippen LogP contribution in [0, 0.1) is 5.41 Å². The third-order valence-electron chi connectivity index (χ3n) is 14.1. The summed E-state index contributed by atoms with van der Waals surface area (Å²) < 4.78 is 34.8. The number of likely N-dealkylation sites (N-methyl/N-ethyl adjacent to an activating group) is 1. The summed E-state index contributed by atoms with van der Waals surface area (Å²) in [5.74, 6) is -1.09. The Morgan fingerprint density at radius 3 is 2.23 bits per heavy atom. The number of primary amides is 1. The van der Waals surface area contributed by atoms with Crippen molar-refractivity contribution in [2.24, 2.45) is 11.1 Å². The second-order valence-electron chi connectivity index (χ2n) is 19.9. The number of carbonyl (C=O) groups is 7. The number of fused-ring (bicyclic) bond motifs is 1. The number of carbonyl (C=O) groups excluding carboxylic acids is 7. The van der Waals surface area contributed by atoms with Crippen molar-refractivity contribution in [3.63, 3.8) is 0 Å². The van der Waals surface area contributed by atoms with Crippen LogP contribution in [0.3, 0.4) is 0 Å². The molecule has 0 aliphatic carbocycles. The van der Waals surface area contributed by atoms with Crippen molar-refractivity contribution in [3.8, 4) is 11.8 Å². The number of H-pyrrole nitrogens is 1. The molecular weight excluding hydrogens is 1070 g/mol. The predicted octanol–water partition coefficient (Wildman–Crippen LogP) is 1.81. The van der Waals surface area contributed by atoms with Crippen LogP contribution in [-0.2, 0) is 62.6 Å². The molecule has 0 bridgehead atoms.